The first-order valence-corrected chi connectivity index (χ1v) is 7.58. The van der Waals surface area contributed by atoms with Gasteiger partial charge in [-0.15, -0.1) is 0 Å². The molecule has 0 saturated carbocycles. The van der Waals surface area contributed by atoms with Crippen LogP contribution >= 0.6 is 27.7 Å². The monoisotopic (exact) mass is 337 g/mol. The maximum atomic E-state index is 6.07. The van der Waals surface area contributed by atoms with Gasteiger partial charge in [-0.3, -0.25) is 0 Å². The quantitative estimate of drug-likeness (QED) is 0.883. The van der Waals surface area contributed by atoms with Gasteiger partial charge in [-0.1, -0.05) is 39.8 Å². The predicted octanol–water partition coefficient (Wildman–Crippen LogP) is 4.63. The fraction of sp³-hybridized carbons (Fsp3) is 0.200. The Morgan fingerprint density at radius 2 is 1.95 bits per heavy atom. The molecule has 0 spiro atoms. The van der Waals surface area contributed by atoms with E-state index in [1.165, 1.54) is 4.90 Å². The summed E-state index contributed by atoms with van der Waals surface area (Å²) in [5.74, 6) is 0.843. The SMILES string of the molecule is COc1cccc(Sc2cccc(Br)c2)c1[C@@H](C)N. The smallest absolute Gasteiger partial charge is 0.124 e. The Kier molecular flexibility index (Phi) is 4.91. The van der Waals surface area contributed by atoms with Crippen LogP contribution in [0.4, 0.5) is 0 Å². The highest BCUT2D eigenvalue weighted by Gasteiger charge is 2.14. The summed E-state index contributed by atoms with van der Waals surface area (Å²) in [6, 6.07) is 14.2. The molecule has 2 aromatic rings. The van der Waals surface area contributed by atoms with Crippen LogP contribution in [0.15, 0.2) is 56.7 Å². The van der Waals surface area contributed by atoms with Crippen molar-refractivity contribution in [1.29, 1.82) is 0 Å². The molecule has 2 nitrogen and oxygen atoms in total. The van der Waals surface area contributed by atoms with Gasteiger partial charge in [0.05, 0.1) is 7.11 Å². The average Bonchev–Trinajstić information content (AvgIpc) is 2.38. The molecular formula is C15H16BrNOS. The molecule has 0 saturated heterocycles. The predicted molar refractivity (Wildman–Crippen MR) is 83.9 cm³/mol. The van der Waals surface area contributed by atoms with Crippen LogP contribution in [0.2, 0.25) is 0 Å². The molecule has 0 aliphatic heterocycles. The lowest BCUT2D eigenvalue weighted by Crippen LogP contribution is -2.08. The van der Waals surface area contributed by atoms with Gasteiger partial charge in [-0.25, -0.2) is 0 Å². The van der Waals surface area contributed by atoms with Gasteiger partial charge in [-0.2, -0.15) is 0 Å². The first-order valence-electron chi connectivity index (χ1n) is 5.97. The zero-order chi connectivity index (χ0) is 13.8. The largest absolute Gasteiger partial charge is 0.496 e. The van der Waals surface area contributed by atoms with Crippen molar-refractivity contribution in [2.24, 2.45) is 5.73 Å². The maximum absolute atomic E-state index is 6.07. The standard InChI is InChI=1S/C15H16BrNOS/c1-10(17)15-13(18-2)7-4-8-14(15)19-12-6-3-5-11(16)9-12/h3-10H,17H2,1-2H3/t10-/m1/s1. The lowest BCUT2D eigenvalue weighted by atomic mass is 10.1. The van der Waals surface area contributed by atoms with Gasteiger partial charge >= 0.3 is 0 Å². The number of rotatable bonds is 4. The number of benzene rings is 2. The van der Waals surface area contributed by atoms with E-state index in [-0.39, 0.29) is 6.04 Å². The van der Waals surface area contributed by atoms with Gasteiger partial charge in [0.15, 0.2) is 0 Å². The Hall–Kier alpha value is -0.970. The molecule has 0 bridgehead atoms. The van der Waals surface area contributed by atoms with Gasteiger partial charge in [0, 0.05) is 25.9 Å². The molecular weight excluding hydrogens is 322 g/mol. The van der Waals surface area contributed by atoms with E-state index in [0.29, 0.717) is 0 Å². The zero-order valence-electron chi connectivity index (χ0n) is 10.9. The third-order valence-corrected chi connectivity index (χ3v) is 4.28. The van der Waals surface area contributed by atoms with Crippen molar-refractivity contribution in [3.63, 3.8) is 0 Å². The van der Waals surface area contributed by atoms with Gasteiger partial charge in [0.1, 0.15) is 5.75 Å². The zero-order valence-corrected chi connectivity index (χ0v) is 13.3. The summed E-state index contributed by atoms with van der Waals surface area (Å²) in [6.45, 7) is 1.98. The van der Waals surface area contributed by atoms with Crippen LogP contribution in [-0.2, 0) is 0 Å². The molecule has 2 N–H and O–H groups in total. The molecule has 0 fully saturated rings. The van der Waals surface area contributed by atoms with E-state index in [2.05, 4.69) is 34.1 Å². The fourth-order valence-electron chi connectivity index (χ4n) is 1.90. The highest BCUT2D eigenvalue weighted by Crippen LogP contribution is 2.38. The minimum atomic E-state index is -0.0641. The topological polar surface area (TPSA) is 35.2 Å². The average molecular weight is 338 g/mol. The molecule has 2 rings (SSSR count). The Balaban J connectivity index is 2.39. The Labute approximate surface area is 126 Å². The number of methoxy groups -OCH3 is 1. The lowest BCUT2D eigenvalue weighted by molar-refractivity contribution is 0.405. The first kappa shape index (κ1) is 14.4. The highest BCUT2D eigenvalue weighted by molar-refractivity contribution is 9.10. The number of hydrogen-bond donors (Lipinski definition) is 1. The van der Waals surface area contributed by atoms with Crippen LogP contribution in [0.3, 0.4) is 0 Å². The number of nitrogens with two attached hydrogens (primary N) is 1. The Bertz CT molecular complexity index is 572. The van der Waals surface area contributed by atoms with Crippen molar-refractivity contribution < 1.29 is 4.74 Å². The Morgan fingerprint density at radius 3 is 2.58 bits per heavy atom. The summed E-state index contributed by atoms with van der Waals surface area (Å²) < 4.78 is 6.48. The molecule has 0 heterocycles. The molecule has 0 aromatic heterocycles. The van der Waals surface area contributed by atoms with Crippen LogP contribution in [0.5, 0.6) is 5.75 Å². The first-order chi connectivity index (χ1) is 9.11. The molecule has 2 aromatic carbocycles. The second-order valence-corrected chi connectivity index (χ2v) is 6.25. The van der Waals surface area contributed by atoms with Crippen LogP contribution < -0.4 is 10.5 Å². The minimum Gasteiger partial charge on any atom is -0.496 e. The van der Waals surface area contributed by atoms with E-state index in [0.717, 1.165) is 20.7 Å². The number of ether oxygens (including phenoxy) is 1. The van der Waals surface area contributed by atoms with Gasteiger partial charge in [0.25, 0.3) is 0 Å². The summed E-state index contributed by atoms with van der Waals surface area (Å²) >= 11 is 5.18. The van der Waals surface area contributed by atoms with Gasteiger partial charge < -0.3 is 10.5 Å². The van der Waals surface area contributed by atoms with Gasteiger partial charge in [-0.05, 0) is 37.3 Å². The molecule has 0 aliphatic carbocycles. The highest BCUT2D eigenvalue weighted by atomic mass is 79.9. The summed E-state index contributed by atoms with van der Waals surface area (Å²) in [6.07, 6.45) is 0. The van der Waals surface area contributed by atoms with Gasteiger partial charge in [0.2, 0.25) is 0 Å². The van der Waals surface area contributed by atoms with E-state index in [4.69, 9.17) is 10.5 Å². The van der Waals surface area contributed by atoms with Crippen molar-refractivity contribution in [1.82, 2.24) is 0 Å². The second kappa shape index (κ2) is 6.46. The third-order valence-electron chi connectivity index (χ3n) is 2.73. The maximum Gasteiger partial charge on any atom is 0.124 e. The van der Waals surface area contributed by atoms with E-state index in [9.17, 15) is 0 Å². The fourth-order valence-corrected chi connectivity index (χ4v) is 3.58. The van der Waals surface area contributed by atoms with Crippen molar-refractivity contribution in [2.75, 3.05) is 7.11 Å². The van der Waals surface area contributed by atoms with E-state index in [1.54, 1.807) is 18.9 Å². The summed E-state index contributed by atoms with van der Waals surface area (Å²) in [5.41, 5.74) is 7.12. The molecule has 4 heteroatoms. The Morgan fingerprint density at radius 1 is 1.21 bits per heavy atom. The van der Waals surface area contributed by atoms with E-state index >= 15 is 0 Å². The second-order valence-electron chi connectivity index (χ2n) is 4.22. The normalized spacial score (nSPS) is 12.2. The third kappa shape index (κ3) is 3.53. The van der Waals surface area contributed by atoms with Crippen LogP contribution in [0.1, 0.15) is 18.5 Å². The summed E-state index contributed by atoms with van der Waals surface area (Å²) in [4.78, 5) is 2.30. The van der Waals surface area contributed by atoms with E-state index in [1.807, 2.05) is 31.2 Å². The minimum absolute atomic E-state index is 0.0641. The number of hydrogen-bond acceptors (Lipinski definition) is 3. The van der Waals surface area contributed by atoms with Crippen molar-refractivity contribution in [3.05, 3.63) is 52.5 Å². The molecule has 0 aliphatic rings. The molecule has 19 heavy (non-hydrogen) atoms. The summed E-state index contributed by atoms with van der Waals surface area (Å²) in [7, 11) is 1.68. The molecule has 100 valence electrons. The van der Waals surface area contributed by atoms with Crippen LogP contribution in [0.25, 0.3) is 0 Å². The summed E-state index contributed by atoms with van der Waals surface area (Å²) in [5, 5.41) is 0. The van der Waals surface area contributed by atoms with E-state index < -0.39 is 0 Å². The van der Waals surface area contributed by atoms with Crippen LogP contribution in [0, 0.1) is 0 Å². The molecule has 0 amide bonds. The molecule has 1 atom stereocenters. The molecule has 0 unspecified atom stereocenters. The molecule has 0 radical (unpaired) electrons. The number of halogens is 1. The van der Waals surface area contributed by atoms with Crippen molar-refractivity contribution in [3.8, 4) is 5.75 Å². The van der Waals surface area contributed by atoms with Crippen molar-refractivity contribution >= 4 is 27.7 Å². The van der Waals surface area contributed by atoms with Crippen LogP contribution in [-0.4, -0.2) is 7.11 Å². The van der Waals surface area contributed by atoms with Crippen molar-refractivity contribution in [2.45, 2.75) is 22.8 Å². The lowest BCUT2D eigenvalue weighted by Gasteiger charge is -2.16.